The molecule has 3 heteroatoms. The van der Waals surface area contributed by atoms with Crippen LogP contribution < -0.4 is 11.2 Å². The highest BCUT2D eigenvalue weighted by atomic mass is 16.6. The number of hydrogen-bond donors (Lipinski definition) is 2. The average Bonchev–Trinajstić information content (AvgIpc) is 1.90. The highest BCUT2D eigenvalue weighted by molar-refractivity contribution is 4.71. The van der Waals surface area contributed by atoms with Crippen molar-refractivity contribution in [2.45, 2.75) is 19.4 Å². The van der Waals surface area contributed by atoms with Gasteiger partial charge in [-0.1, -0.05) is 0 Å². The lowest BCUT2D eigenvalue weighted by molar-refractivity contribution is -0.0137. The molecule has 0 aromatic carbocycles. The van der Waals surface area contributed by atoms with Gasteiger partial charge in [0.2, 0.25) is 0 Å². The van der Waals surface area contributed by atoms with Crippen LogP contribution in [0.4, 0.5) is 0 Å². The Balaban J connectivity index is 2.23. The molecular weight excluding hydrogens is 116 g/mol. The quantitative estimate of drug-likeness (QED) is 0.520. The summed E-state index contributed by atoms with van der Waals surface area (Å²) >= 11 is 0. The molecule has 2 unspecified atom stereocenters. The van der Waals surface area contributed by atoms with Crippen molar-refractivity contribution in [3.8, 4) is 0 Å². The summed E-state index contributed by atoms with van der Waals surface area (Å²) in [4.78, 5) is 4.94. The fourth-order valence-corrected chi connectivity index (χ4v) is 0.999. The molecule has 1 aliphatic heterocycles. The molecule has 9 heavy (non-hydrogen) atoms. The van der Waals surface area contributed by atoms with Crippen LogP contribution in [-0.2, 0) is 4.84 Å². The molecule has 0 aliphatic carbocycles. The molecule has 3 nitrogen and oxygen atoms in total. The lowest BCUT2D eigenvalue weighted by Gasteiger charge is -2.25. The lowest BCUT2D eigenvalue weighted by Crippen LogP contribution is -2.40. The summed E-state index contributed by atoms with van der Waals surface area (Å²) in [5.41, 5.74) is 8.51. The minimum atomic E-state index is 0.293. The Morgan fingerprint density at radius 3 is 2.89 bits per heavy atom. The van der Waals surface area contributed by atoms with E-state index in [2.05, 4.69) is 5.48 Å². The van der Waals surface area contributed by atoms with Crippen LogP contribution in [0.5, 0.6) is 0 Å². The second-order valence-corrected chi connectivity index (χ2v) is 2.60. The van der Waals surface area contributed by atoms with Gasteiger partial charge < -0.3 is 10.6 Å². The van der Waals surface area contributed by atoms with Crippen molar-refractivity contribution in [1.29, 1.82) is 0 Å². The molecule has 1 rings (SSSR count). The summed E-state index contributed by atoms with van der Waals surface area (Å²) in [6.07, 6.45) is 1.09. The summed E-state index contributed by atoms with van der Waals surface area (Å²) in [7, 11) is 0. The lowest BCUT2D eigenvalue weighted by atomic mass is 9.98. The van der Waals surface area contributed by atoms with Crippen molar-refractivity contribution in [2.24, 2.45) is 11.7 Å². The topological polar surface area (TPSA) is 47.3 Å². The SMILES string of the molecule is CC(N)C1CCONC1. The summed E-state index contributed by atoms with van der Waals surface area (Å²) < 4.78 is 0. The summed E-state index contributed by atoms with van der Waals surface area (Å²) in [6.45, 7) is 3.74. The molecule has 3 N–H and O–H groups in total. The van der Waals surface area contributed by atoms with Crippen molar-refractivity contribution in [3.63, 3.8) is 0 Å². The van der Waals surface area contributed by atoms with E-state index in [9.17, 15) is 0 Å². The Hall–Kier alpha value is -0.120. The van der Waals surface area contributed by atoms with Gasteiger partial charge in [0, 0.05) is 12.6 Å². The van der Waals surface area contributed by atoms with Crippen molar-refractivity contribution in [1.82, 2.24) is 5.48 Å². The van der Waals surface area contributed by atoms with Crippen LogP contribution in [0.15, 0.2) is 0 Å². The zero-order valence-electron chi connectivity index (χ0n) is 5.76. The third-order valence-corrected chi connectivity index (χ3v) is 1.78. The van der Waals surface area contributed by atoms with Gasteiger partial charge in [0.1, 0.15) is 0 Å². The van der Waals surface area contributed by atoms with E-state index in [1.54, 1.807) is 0 Å². The first kappa shape index (κ1) is 6.99. The largest absolute Gasteiger partial charge is 0.328 e. The van der Waals surface area contributed by atoms with Crippen molar-refractivity contribution in [2.75, 3.05) is 13.2 Å². The van der Waals surface area contributed by atoms with E-state index in [4.69, 9.17) is 10.6 Å². The Labute approximate surface area is 55.5 Å². The molecule has 0 saturated carbocycles. The van der Waals surface area contributed by atoms with E-state index in [1.807, 2.05) is 6.92 Å². The molecule has 1 fully saturated rings. The van der Waals surface area contributed by atoms with Gasteiger partial charge >= 0.3 is 0 Å². The van der Waals surface area contributed by atoms with Crippen LogP contribution in [-0.4, -0.2) is 19.2 Å². The minimum Gasteiger partial charge on any atom is -0.328 e. The van der Waals surface area contributed by atoms with Gasteiger partial charge in [-0.2, -0.15) is 0 Å². The predicted molar refractivity (Wildman–Crippen MR) is 35.7 cm³/mol. The van der Waals surface area contributed by atoms with Crippen LogP contribution in [0, 0.1) is 5.92 Å². The smallest absolute Gasteiger partial charge is 0.0685 e. The number of hydrogen-bond acceptors (Lipinski definition) is 3. The maximum Gasteiger partial charge on any atom is 0.0685 e. The average molecular weight is 130 g/mol. The maximum atomic E-state index is 5.67. The zero-order chi connectivity index (χ0) is 6.69. The van der Waals surface area contributed by atoms with E-state index in [0.717, 1.165) is 19.6 Å². The van der Waals surface area contributed by atoms with Crippen molar-refractivity contribution in [3.05, 3.63) is 0 Å². The highest BCUT2D eigenvalue weighted by Crippen LogP contribution is 2.08. The summed E-state index contributed by atoms with van der Waals surface area (Å²) in [6, 6.07) is 0.293. The second-order valence-electron chi connectivity index (χ2n) is 2.60. The Morgan fingerprint density at radius 2 is 2.56 bits per heavy atom. The Morgan fingerprint density at radius 1 is 1.78 bits per heavy atom. The number of nitrogens with one attached hydrogen (secondary N) is 1. The monoisotopic (exact) mass is 130 g/mol. The van der Waals surface area contributed by atoms with Gasteiger partial charge in [0.15, 0.2) is 0 Å². The molecule has 0 aromatic heterocycles. The van der Waals surface area contributed by atoms with Gasteiger partial charge in [-0.05, 0) is 19.3 Å². The van der Waals surface area contributed by atoms with Gasteiger partial charge in [-0.3, -0.25) is 0 Å². The van der Waals surface area contributed by atoms with Gasteiger partial charge in [-0.15, -0.1) is 0 Å². The molecular formula is C6H14N2O. The maximum absolute atomic E-state index is 5.67. The summed E-state index contributed by atoms with van der Waals surface area (Å²) in [5, 5.41) is 0. The fourth-order valence-electron chi connectivity index (χ4n) is 0.999. The van der Waals surface area contributed by atoms with Gasteiger partial charge in [0.05, 0.1) is 6.61 Å². The van der Waals surface area contributed by atoms with Gasteiger partial charge in [-0.25, -0.2) is 5.48 Å². The van der Waals surface area contributed by atoms with E-state index in [-0.39, 0.29) is 0 Å². The third kappa shape index (κ3) is 1.93. The van der Waals surface area contributed by atoms with Crippen LogP contribution >= 0.6 is 0 Å². The molecule has 0 aromatic rings. The highest BCUT2D eigenvalue weighted by Gasteiger charge is 2.16. The molecule has 0 spiro atoms. The van der Waals surface area contributed by atoms with Gasteiger partial charge in [0.25, 0.3) is 0 Å². The minimum absolute atomic E-state index is 0.293. The fraction of sp³-hybridized carbons (Fsp3) is 1.00. The number of hydroxylamine groups is 1. The van der Waals surface area contributed by atoms with Crippen LogP contribution in [0.25, 0.3) is 0 Å². The number of nitrogens with two attached hydrogens (primary N) is 1. The van der Waals surface area contributed by atoms with E-state index in [0.29, 0.717) is 12.0 Å². The standard InChI is InChI=1S/C6H14N2O/c1-5(7)6-2-3-9-8-4-6/h5-6,8H,2-4,7H2,1H3. The van der Waals surface area contributed by atoms with E-state index >= 15 is 0 Å². The van der Waals surface area contributed by atoms with Crippen LogP contribution in [0.1, 0.15) is 13.3 Å². The molecule has 54 valence electrons. The van der Waals surface area contributed by atoms with Crippen molar-refractivity contribution < 1.29 is 4.84 Å². The molecule has 1 aliphatic rings. The van der Waals surface area contributed by atoms with E-state index < -0.39 is 0 Å². The molecule has 2 atom stereocenters. The first-order chi connectivity index (χ1) is 4.30. The second kappa shape index (κ2) is 3.15. The van der Waals surface area contributed by atoms with Crippen molar-refractivity contribution >= 4 is 0 Å². The normalized spacial score (nSPS) is 32.0. The molecule has 1 heterocycles. The first-order valence-corrected chi connectivity index (χ1v) is 3.41. The first-order valence-electron chi connectivity index (χ1n) is 3.41. The molecule has 1 saturated heterocycles. The molecule has 0 bridgehead atoms. The van der Waals surface area contributed by atoms with Crippen LogP contribution in [0.3, 0.4) is 0 Å². The van der Waals surface area contributed by atoms with E-state index in [1.165, 1.54) is 0 Å². The van der Waals surface area contributed by atoms with Crippen LogP contribution in [0.2, 0.25) is 0 Å². The summed E-state index contributed by atoms with van der Waals surface area (Å²) in [5.74, 6) is 0.596. The third-order valence-electron chi connectivity index (χ3n) is 1.78. The molecule has 0 radical (unpaired) electrons. The Bertz CT molecular complexity index is 79.1. The number of rotatable bonds is 1. The zero-order valence-corrected chi connectivity index (χ0v) is 5.76. The molecule has 0 amide bonds. The predicted octanol–water partition coefficient (Wildman–Crippen LogP) is -0.125. The Kier molecular flexibility index (Phi) is 2.45.